The first-order valence-electron chi connectivity index (χ1n) is 5.89. The summed E-state index contributed by atoms with van der Waals surface area (Å²) in [7, 11) is 0. The van der Waals surface area contributed by atoms with E-state index in [0.29, 0.717) is 20.9 Å². The van der Waals surface area contributed by atoms with Crippen LogP contribution in [0.25, 0.3) is 11.3 Å². The Bertz CT molecular complexity index is 784. The van der Waals surface area contributed by atoms with Gasteiger partial charge >= 0.3 is 0 Å². The number of aromatic nitrogens is 1. The first kappa shape index (κ1) is 14.1. The third-order valence-electron chi connectivity index (χ3n) is 2.68. The van der Waals surface area contributed by atoms with Crippen LogP contribution in [0.3, 0.4) is 0 Å². The fourth-order valence-corrected chi connectivity index (χ4v) is 2.70. The number of hydrogen-bond donors (Lipinski definition) is 1. The van der Waals surface area contributed by atoms with Crippen LogP contribution < -0.4 is 5.32 Å². The molecule has 3 aromatic rings. The van der Waals surface area contributed by atoms with Gasteiger partial charge in [0.25, 0.3) is 5.91 Å². The van der Waals surface area contributed by atoms with Crippen molar-refractivity contribution in [2.45, 2.75) is 0 Å². The number of thiazole rings is 1. The van der Waals surface area contributed by atoms with Gasteiger partial charge in [0.1, 0.15) is 0 Å². The van der Waals surface area contributed by atoms with E-state index in [-0.39, 0.29) is 11.7 Å². The van der Waals surface area contributed by atoms with Crippen LogP contribution in [0.15, 0.2) is 46.4 Å². The average molecular weight is 339 g/mol. The van der Waals surface area contributed by atoms with E-state index in [1.165, 1.54) is 17.6 Å². The van der Waals surface area contributed by atoms with Crippen LogP contribution in [0.5, 0.6) is 0 Å². The number of benzene rings is 1. The zero-order valence-corrected chi connectivity index (χ0v) is 12.8. The van der Waals surface area contributed by atoms with Crippen molar-refractivity contribution < 1.29 is 9.21 Å². The summed E-state index contributed by atoms with van der Waals surface area (Å²) in [6.45, 7) is 0. The number of anilines is 1. The van der Waals surface area contributed by atoms with Gasteiger partial charge in [-0.25, -0.2) is 4.98 Å². The highest BCUT2D eigenvalue weighted by Gasteiger charge is 2.12. The maximum atomic E-state index is 11.8. The van der Waals surface area contributed by atoms with Crippen molar-refractivity contribution in [1.29, 1.82) is 0 Å². The molecule has 0 radical (unpaired) electrons. The molecule has 0 unspecified atom stereocenters. The molecule has 3 rings (SSSR count). The molecule has 1 aromatic carbocycles. The van der Waals surface area contributed by atoms with Gasteiger partial charge in [0.2, 0.25) is 0 Å². The first-order valence-corrected chi connectivity index (χ1v) is 7.53. The lowest BCUT2D eigenvalue weighted by molar-refractivity contribution is 0.0996. The van der Waals surface area contributed by atoms with Gasteiger partial charge in [0.15, 0.2) is 10.9 Å². The Morgan fingerprint density at radius 1 is 1.24 bits per heavy atom. The first-order chi connectivity index (χ1) is 10.1. The van der Waals surface area contributed by atoms with E-state index in [2.05, 4.69) is 10.3 Å². The van der Waals surface area contributed by atoms with Crippen molar-refractivity contribution in [3.63, 3.8) is 0 Å². The Morgan fingerprint density at radius 3 is 2.81 bits per heavy atom. The molecule has 0 saturated carbocycles. The van der Waals surface area contributed by atoms with Gasteiger partial charge in [-0.05, 0) is 24.3 Å². The third-order valence-corrected chi connectivity index (χ3v) is 4.18. The number of furan rings is 1. The molecule has 0 aliphatic carbocycles. The highest BCUT2D eigenvalue weighted by Crippen LogP contribution is 2.30. The van der Waals surface area contributed by atoms with Crippen LogP contribution in [-0.2, 0) is 0 Å². The summed E-state index contributed by atoms with van der Waals surface area (Å²) in [5.74, 6) is -0.101. The maximum Gasteiger partial charge on any atom is 0.293 e. The molecule has 106 valence electrons. The molecule has 0 atom stereocenters. The summed E-state index contributed by atoms with van der Waals surface area (Å²) in [5, 5.41) is 5.94. The summed E-state index contributed by atoms with van der Waals surface area (Å²) >= 11 is 13.2. The molecule has 0 aliphatic rings. The standard InChI is InChI=1S/C14H8Cl2N2O2S/c15-9-4-3-8(6-10(9)16)11-7-21-14(17-11)18-13(19)12-2-1-5-20-12/h1-7H,(H,17,18,19). The van der Waals surface area contributed by atoms with Gasteiger partial charge < -0.3 is 4.42 Å². The van der Waals surface area contributed by atoms with Gasteiger partial charge in [-0.15, -0.1) is 11.3 Å². The summed E-state index contributed by atoms with van der Waals surface area (Å²) in [4.78, 5) is 16.2. The number of amides is 1. The zero-order valence-electron chi connectivity index (χ0n) is 10.5. The summed E-state index contributed by atoms with van der Waals surface area (Å²) < 4.78 is 5.02. The Morgan fingerprint density at radius 2 is 2.10 bits per heavy atom. The Kier molecular flexibility index (Phi) is 3.96. The summed E-state index contributed by atoms with van der Waals surface area (Å²) in [5.41, 5.74) is 1.55. The van der Waals surface area contributed by atoms with Crippen molar-refractivity contribution in [3.05, 3.63) is 57.8 Å². The van der Waals surface area contributed by atoms with Gasteiger partial charge in [0.05, 0.1) is 22.0 Å². The molecule has 21 heavy (non-hydrogen) atoms. The highest BCUT2D eigenvalue weighted by atomic mass is 35.5. The molecule has 0 bridgehead atoms. The Balaban J connectivity index is 1.80. The zero-order chi connectivity index (χ0) is 14.8. The molecular formula is C14H8Cl2N2O2S. The van der Waals surface area contributed by atoms with Crippen LogP contribution in [0, 0.1) is 0 Å². The van der Waals surface area contributed by atoms with Gasteiger partial charge in [0, 0.05) is 10.9 Å². The fourth-order valence-electron chi connectivity index (χ4n) is 1.69. The van der Waals surface area contributed by atoms with Crippen LogP contribution in [0.1, 0.15) is 10.6 Å². The lowest BCUT2D eigenvalue weighted by atomic mass is 10.2. The van der Waals surface area contributed by atoms with Crippen LogP contribution in [0.2, 0.25) is 10.0 Å². The van der Waals surface area contributed by atoms with Crippen LogP contribution in [-0.4, -0.2) is 10.9 Å². The minimum atomic E-state index is -0.338. The number of rotatable bonds is 3. The second kappa shape index (κ2) is 5.89. The van der Waals surface area contributed by atoms with Gasteiger partial charge in [-0.1, -0.05) is 29.3 Å². The van der Waals surface area contributed by atoms with E-state index >= 15 is 0 Å². The van der Waals surface area contributed by atoms with Crippen LogP contribution >= 0.6 is 34.5 Å². The molecule has 1 amide bonds. The molecule has 0 aliphatic heterocycles. The molecule has 7 heteroatoms. The van der Waals surface area contributed by atoms with Crippen molar-refractivity contribution in [2.24, 2.45) is 0 Å². The van der Waals surface area contributed by atoms with E-state index in [4.69, 9.17) is 27.6 Å². The highest BCUT2D eigenvalue weighted by molar-refractivity contribution is 7.14. The fraction of sp³-hybridized carbons (Fsp3) is 0. The molecular weight excluding hydrogens is 331 g/mol. The molecule has 1 N–H and O–H groups in total. The van der Waals surface area contributed by atoms with E-state index in [1.54, 1.807) is 24.3 Å². The van der Waals surface area contributed by atoms with E-state index < -0.39 is 0 Å². The number of nitrogens with one attached hydrogen (secondary N) is 1. The van der Waals surface area contributed by atoms with Crippen molar-refractivity contribution >= 4 is 45.6 Å². The maximum absolute atomic E-state index is 11.8. The largest absolute Gasteiger partial charge is 0.459 e. The third kappa shape index (κ3) is 3.10. The molecule has 2 aromatic heterocycles. The van der Waals surface area contributed by atoms with E-state index in [9.17, 15) is 4.79 Å². The SMILES string of the molecule is O=C(Nc1nc(-c2ccc(Cl)c(Cl)c2)cs1)c1ccco1. The number of carbonyl (C=O) groups is 1. The molecule has 0 saturated heterocycles. The van der Waals surface area contributed by atoms with E-state index in [1.807, 2.05) is 11.4 Å². The predicted octanol–water partition coefficient (Wildman–Crippen LogP) is 4.96. The van der Waals surface area contributed by atoms with Gasteiger partial charge in [-0.3, -0.25) is 10.1 Å². The average Bonchev–Trinajstić information content (AvgIpc) is 3.12. The normalized spacial score (nSPS) is 10.6. The monoisotopic (exact) mass is 338 g/mol. The second-order valence-corrected chi connectivity index (χ2v) is 5.77. The second-order valence-electron chi connectivity index (χ2n) is 4.10. The quantitative estimate of drug-likeness (QED) is 0.734. The number of carbonyl (C=O) groups excluding carboxylic acids is 1. The number of nitrogens with zero attached hydrogens (tertiary/aromatic N) is 1. The van der Waals surface area contributed by atoms with Gasteiger partial charge in [-0.2, -0.15) is 0 Å². The smallest absolute Gasteiger partial charge is 0.293 e. The lowest BCUT2D eigenvalue weighted by Crippen LogP contribution is -2.10. The molecule has 0 fully saturated rings. The number of halogens is 2. The molecule has 4 nitrogen and oxygen atoms in total. The van der Waals surface area contributed by atoms with Crippen LogP contribution in [0.4, 0.5) is 5.13 Å². The molecule has 2 heterocycles. The summed E-state index contributed by atoms with van der Waals surface area (Å²) in [6, 6.07) is 8.50. The van der Waals surface area contributed by atoms with E-state index in [0.717, 1.165) is 5.56 Å². The Hall–Kier alpha value is -1.82. The Labute approximate surface area is 134 Å². The minimum Gasteiger partial charge on any atom is -0.459 e. The number of hydrogen-bond acceptors (Lipinski definition) is 4. The lowest BCUT2D eigenvalue weighted by Gasteiger charge is -2.00. The van der Waals surface area contributed by atoms with Crippen molar-refractivity contribution in [3.8, 4) is 11.3 Å². The predicted molar refractivity (Wildman–Crippen MR) is 84.2 cm³/mol. The van der Waals surface area contributed by atoms with Crippen molar-refractivity contribution in [2.75, 3.05) is 5.32 Å². The topological polar surface area (TPSA) is 55.1 Å². The minimum absolute atomic E-state index is 0.237. The molecule has 0 spiro atoms. The summed E-state index contributed by atoms with van der Waals surface area (Å²) in [6.07, 6.45) is 1.44. The van der Waals surface area contributed by atoms with Crippen molar-refractivity contribution in [1.82, 2.24) is 4.98 Å².